The topological polar surface area (TPSA) is 66.4 Å². The maximum Gasteiger partial charge on any atom is 0.212 e. The highest BCUT2D eigenvalue weighted by Crippen LogP contribution is 2.44. The highest BCUT2D eigenvalue weighted by molar-refractivity contribution is 7.21. The van der Waals surface area contributed by atoms with E-state index in [9.17, 15) is 0 Å². The van der Waals surface area contributed by atoms with Crippen molar-refractivity contribution in [3.05, 3.63) is 24.5 Å². The minimum Gasteiger partial charge on any atom is -0.481 e. The molecular formula is C19H22N6OS. The lowest BCUT2D eigenvalue weighted by atomic mass is 10.0. The maximum absolute atomic E-state index is 5.16. The first-order chi connectivity index (χ1) is 13.2. The number of fused-ring (bicyclic) bond motifs is 3. The second-order valence-electron chi connectivity index (χ2n) is 7.04. The maximum atomic E-state index is 5.16. The van der Waals surface area contributed by atoms with Crippen LogP contribution in [0.1, 0.15) is 12.8 Å². The minimum atomic E-state index is 0.549. The van der Waals surface area contributed by atoms with Crippen LogP contribution in [0.15, 0.2) is 24.5 Å². The van der Waals surface area contributed by atoms with Crippen LogP contribution in [-0.2, 0) is 0 Å². The average Bonchev–Trinajstić information content (AvgIpc) is 3.30. The van der Waals surface area contributed by atoms with Crippen LogP contribution in [-0.4, -0.2) is 54.9 Å². The van der Waals surface area contributed by atoms with Gasteiger partial charge in [0.05, 0.1) is 31.4 Å². The Hall–Kier alpha value is -2.45. The van der Waals surface area contributed by atoms with E-state index in [0.29, 0.717) is 11.9 Å². The van der Waals surface area contributed by atoms with Crippen molar-refractivity contribution < 1.29 is 4.74 Å². The molecule has 5 rings (SSSR count). The van der Waals surface area contributed by atoms with Gasteiger partial charge in [-0.25, -0.2) is 15.0 Å². The van der Waals surface area contributed by atoms with Crippen molar-refractivity contribution in [3.63, 3.8) is 0 Å². The van der Waals surface area contributed by atoms with Gasteiger partial charge in [-0.05, 0) is 32.0 Å². The van der Waals surface area contributed by atoms with E-state index in [2.05, 4.69) is 27.1 Å². The lowest BCUT2D eigenvalue weighted by molar-refractivity contribution is 0.398. The monoisotopic (exact) mass is 382 g/mol. The zero-order valence-corrected chi connectivity index (χ0v) is 16.3. The average molecular weight is 382 g/mol. The molecule has 1 saturated heterocycles. The molecule has 3 aromatic rings. The third-order valence-electron chi connectivity index (χ3n) is 5.39. The van der Waals surface area contributed by atoms with Crippen molar-refractivity contribution in [3.8, 4) is 16.5 Å². The summed E-state index contributed by atoms with van der Waals surface area (Å²) < 4.78 is 5.16. The summed E-state index contributed by atoms with van der Waals surface area (Å²) in [6, 6.07) is 4.42. The SMILES string of the molecule is COc1ccc(-c2nc3c4c(cnc3s2)N(C)CN4C2CCNCC2)cn1. The molecule has 27 heavy (non-hydrogen) atoms. The minimum absolute atomic E-state index is 0.549. The normalized spacial score (nSPS) is 17.6. The number of thiazole rings is 1. The number of anilines is 2. The summed E-state index contributed by atoms with van der Waals surface area (Å²) in [4.78, 5) is 19.8. The Morgan fingerprint density at radius 2 is 2.04 bits per heavy atom. The predicted octanol–water partition coefficient (Wildman–Crippen LogP) is 2.73. The molecule has 0 bridgehead atoms. The van der Waals surface area contributed by atoms with Crippen LogP contribution >= 0.6 is 11.3 Å². The molecule has 0 atom stereocenters. The van der Waals surface area contributed by atoms with Crippen molar-refractivity contribution in [2.45, 2.75) is 18.9 Å². The molecule has 8 heteroatoms. The molecular weight excluding hydrogens is 360 g/mol. The summed E-state index contributed by atoms with van der Waals surface area (Å²) in [6.07, 6.45) is 6.13. The second kappa shape index (κ2) is 6.61. The molecule has 1 N–H and O–H groups in total. The molecule has 0 radical (unpaired) electrons. The van der Waals surface area contributed by atoms with Crippen LogP contribution in [0.25, 0.3) is 20.9 Å². The first kappa shape index (κ1) is 16.7. The summed E-state index contributed by atoms with van der Waals surface area (Å²) in [7, 11) is 3.76. The number of methoxy groups -OCH3 is 1. The number of nitrogens with one attached hydrogen (secondary N) is 1. The van der Waals surface area contributed by atoms with Gasteiger partial charge in [0.2, 0.25) is 5.88 Å². The molecule has 0 amide bonds. The van der Waals surface area contributed by atoms with Gasteiger partial charge in [-0.15, -0.1) is 0 Å². The van der Waals surface area contributed by atoms with Crippen molar-refractivity contribution in [1.29, 1.82) is 0 Å². The van der Waals surface area contributed by atoms with Gasteiger partial charge in [0, 0.05) is 30.9 Å². The Balaban J connectivity index is 1.59. The van der Waals surface area contributed by atoms with E-state index in [1.54, 1.807) is 18.4 Å². The number of rotatable bonds is 3. The molecule has 0 aromatic carbocycles. The first-order valence-electron chi connectivity index (χ1n) is 9.23. The van der Waals surface area contributed by atoms with Crippen molar-refractivity contribution >= 4 is 33.1 Å². The standard InChI is InChI=1S/C19H22N6OS/c1-24-11-25(13-5-7-20-8-6-13)17-14(24)10-22-19-16(17)23-18(27-19)12-3-4-15(26-2)21-9-12/h3-4,9-10,13,20H,5-8,11H2,1-2H3. The summed E-state index contributed by atoms with van der Waals surface area (Å²) in [5.74, 6) is 0.609. The molecule has 0 saturated carbocycles. The highest BCUT2D eigenvalue weighted by Gasteiger charge is 2.33. The molecule has 0 aliphatic carbocycles. The van der Waals surface area contributed by atoms with Gasteiger partial charge >= 0.3 is 0 Å². The number of nitrogens with zero attached hydrogens (tertiary/aromatic N) is 5. The van der Waals surface area contributed by atoms with Crippen LogP contribution in [0.2, 0.25) is 0 Å². The van der Waals surface area contributed by atoms with E-state index in [0.717, 1.165) is 53.5 Å². The Bertz CT molecular complexity index is 966. The predicted molar refractivity (Wildman–Crippen MR) is 109 cm³/mol. The summed E-state index contributed by atoms with van der Waals surface area (Å²) >= 11 is 1.62. The van der Waals surface area contributed by atoms with E-state index in [4.69, 9.17) is 14.7 Å². The molecule has 2 aliphatic rings. The highest BCUT2D eigenvalue weighted by atomic mass is 32.1. The molecule has 0 unspecified atom stereocenters. The molecule has 1 fully saturated rings. The Morgan fingerprint density at radius 1 is 1.19 bits per heavy atom. The zero-order chi connectivity index (χ0) is 18.4. The fraction of sp³-hybridized carbons (Fsp3) is 0.421. The molecule has 7 nitrogen and oxygen atoms in total. The van der Waals surface area contributed by atoms with Gasteiger partial charge in [-0.3, -0.25) is 0 Å². The van der Waals surface area contributed by atoms with Crippen LogP contribution < -0.4 is 19.9 Å². The summed E-state index contributed by atoms with van der Waals surface area (Å²) in [6.45, 7) is 3.06. The number of piperidine rings is 1. The summed E-state index contributed by atoms with van der Waals surface area (Å²) in [5, 5.41) is 4.41. The van der Waals surface area contributed by atoms with Gasteiger partial charge in [0.1, 0.15) is 15.4 Å². The Labute approximate surface area is 162 Å². The number of aromatic nitrogens is 3. The lowest BCUT2D eigenvalue weighted by Gasteiger charge is -2.33. The van der Waals surface area contributed by atoms with Crippen molar-refractivity contribution in [2.75, 3.05) is 43.7 Å². The molecule has 0 spiro atoms. The van der Waals surface area contributed by atoms with Crippen LogP contribution in [0.3, 0.4) is 0 Å². The molecule has 140 valence electrons. The number of hydrogen-bond donors (Lipinski definition) is 1. The number of ether oxygens (including phenoxy) is 1. The van der Waals surface area contributed by atoms with Crippen LogP contribution in [0.5, 0.6) is 5.88 Å². The van der Waals surface area contributed by atoms with Gasteiger partial charge in [0.25, 0.3) is 0 Å². The van der Waals surface area contributed by atoms with E-state index in [1.807, 2.05) is 24.5 Å². The number of pyridine rings is 2. The van der Waals surface area contributed by atoms with Gasteiger partial charge in [0.15, 0.2) is 0 Å². The zero-order valence-electron chi connectivity index (χ0n) is 15.5. The third kappa shape index (κ3) is 2.80. The number of hydrogen-bond acceptors (Lipinski definition) is 8. The van der Waals surface area contributed by atoms with Crippen molar-refractivity contribution in [2.24, 2.45) is 0 Å². The van der Waals surface area contributed by atoms with Gasteiger partial charge < -0.3 is 19.9 Å². The van der Waals surface area contributed by atoms with Crippen LogP contribution in [0.4, 0.5) is 11.4 Å². The van der Waals surface area contributed by atoms with Crippen LogP contribution in [0, 0.1) is 0 Å². The Kier molecular flexibility index (Phi) is 4.09. The second-order valence-corrected chi connectivity index (χ2v) is 8.02. The fourth-order valence-corrected chi connectivity index (χ4v) is 4.86. The molecule has 3 aromatic heterocycles. The summed E-state index contributed by atoms with van der Waals surface area (Å²) in [5.41, 5.74) is 4.41. The van der Waals surface area contributed by atoms with E-state index in [-0.39, 0.29) is 0 Å². The van der Waals surface area contributed by atoms with E-state index >= 15 is 0 Å². The van der Waals surface area contributed by atoms with Gasteiger partial charge in [-0.2, -0.15) is 0 Å². The Morgan fingerprint density at radius 3 is 2.78 bits per heavy atom. The largest absolute Gasteiger partial charge is 0.481 e. The van der Waals surface area contributed by atoms with E-state index < -0.39 is 0 Å². The quantitative estimate of drug-likeness (QED) is 0.747. The van der Waals surface area contributed by atoms with Gasteiger partial charge in [-0.1, -0.05) is 11.3 Å². The fourth-order valence-electron chi connectivity index (χ4n) is 3.96. The van der Waals surface area contributed by atoms with E-state index in [1.165, 1.54) is 11.4 Å². The first-order valence-corrected chi connectivity index (χ1v) is 10.0. The lowest BCUT2D eigenvalue weighted by Crippen LogP contribution is -2.44. The molecule has 5 heterocycles. The van der Waals surface area contributed by atoms with Crippen molar-refractivity contribution in [1.82, 2.24) is 20.3 Å². The third-order valence-corrected chi connectivity index (χ3v) is 6.40. The smallest absolute Gasteiger partial charge is 0.212 e. The molecule has 2 aliphatic heterocycles.